The van der Waals surface area contributed by atoms with Crippen molar-refractivity contribution in [2.45, 2.75) is 40.0 Å². The Morgan fingerprint density at radius 2 is 1.95 bits per heavy atom. The van der Waals surface area contributed by atoms with Gasteiger partial charge in [-0.1, -0.05) is 49.4 Å². The Morgan fingerprint density at radius 1 is 1.38 bits per heavy atom. The van der Waals surface area contributed by atoms with Gasteiger partial charge < -0.3 is 9.84 Å². The summed E-state index contributed by atoms with van der Waals surface area (Å²) in [5.74, 6) is 0.0866. The number of esters is 1. The van der Waals surface area contributed by atoms with Crippen molar-refractivity contribution in [2.75, 3.05) is 11.0 Å². The number of phenols is 1. The third-order valence-corrected chi connectivity index (χ3v) is 3.29. The number of alkyl halides is 1. The standard InChI is InChI=1S/C14H19BrO3.C2H5I/c1-4-18-14(17)11(7-9(2)3)10-5-6-13(16)12(15)8-10;1-2-3/h5-6,8-9,11,16H,4,7H2,1-3H3;2H2,1H3. The van der Waals surface area contributed by atoms with Crippen molar-refractivity contribution in [1.29, 1.82) is 0 Å². The van der Waals surface area contributed by atoms with E-state index in [1.807, 2.05) is 0 Å². The predicted molar refractivity (Wildman–Crippen MR) is 99.2 cm³/mol. The molecule has 120 valence electrons. The van der Waals surface area contributed by atoms with Crippen molar-refractivity contribution in [3.05, 3.63) is 28.2 Å². The van der Waals surface area contributed by atoms with Crippen LogP contribution in [0.1, 0.15) is 45.6 Å². The maximum Gasteiger partial charge on any atom is 0.313 e. The van der Waals surface area contributed by atoms with E-state index in [0.717, 1.165) is 12.0 Å². The number of hydrogen-bond donors (Lipinski definition) is 1. The fourth-order valence-corrected chi connectivity index (χ4v) is 2.22. The zero-order chi connectivity index (χ0) is 16.4. The predicted octanol–water partition coefficient (Wildman–Crippen LogP) is 5.29. The number of phenolic OH excluding ortho intramolecular Hbond substituents is 1. The van der Waals surface area contributed by atoms with Gasteiger partial charge in [0.1, 0.15) is 5.75 Å². The average Bonchev–Trinajstić information content (AvgIpc) is 2.40. The number of carbonyl (C=O) groups excluding carboxylic acids is 1. The van der Waals surface area contributed by atoms with E-state index in [1.165, 1.54) is 4.43 Å². The molecule has 0 saturated carbocycles. The molecule has 1 rings (SSSR count). The molecule has 5 heteroatoms. The van der Waals surface area contributed by atoms with Gasteiger partial charge in [-0.3, -0.25) is 4.79 Å². The zero-order valence-electron chi connectivity index (χ0n) is 13.0. The number of benzene rings is 1. The summed E-state index contributed by atoms with van der Waals surface area (Å²) in [6, 6.07) is 5.13. The second-order valence-corrected chi connectivity index (χ2v) is 7.29. The van der Waals surface area contributed by atoms with Crippen LogP contribution >= 0.6 is 38.5 Å². The van der Waals surface area contributed by atoms with E-state index in [0.29, 0.717) is 17.0 Å². The van der Waals surface area contributed by atoms with Gasteiger partial charge in [-0.2, -0.15) is 0 Å². The minimum absolute atomic E-state index is 0.172. The van der Waals surface area contributed by atoms with E-state index in [-0.39, 0.29) is 17.6 Å². The Bertz CT molecular complexity index is 436. The Balaban J connectivity index is 0.00000122. The van der Waals surface area contributed by atoms with Crippen LogP contribution in [0.2, 0.25) is 0 Å². The van der Waals surface area contributed by atoms with Crippen molar-refractivity contribution in [2.24, 2.45) is 5.92 Å². The molecule has 1 N–H and O–H groups in total. The molecule has 0 fully saturated rings. The summed E-state index contributed by atoms with van der Waals surface area (Å²) in [5, 5.41) is 9.49. The molecule has 1 atom stereocenters. The highest BCUT2D eigenvalue weighted by atomic mass is 127. The summed E-state index contributed by atoms with van der Waals surface area (Å²) in [5.41, 5.74) is 0.867. The topological polar surface area (TPSA) is 46.5 Å². The highest BCUT2D eigenvalue weighted by Crippen LogP contribution is 2.31. The number of hydrogen-bond acceptors (Lipinski definition) is 3. The normalized spacial score (nSPS) is 11.6. The van der Waals surface area contributed by atoms with Crippen LogP contribution in [0.5, 0.6) is 5.75 Å². The third kappa shape index (κ3) is 8.04. The Morgan fingerprint density at radius 3 is 2.38 bits per heavy atom. The van der Waals surface area contributed by atoms with Gasteiger partial charge in [0.25, 0.3) is 0 Å². The lowest BCUT2D eigenvalue weighted by molar-refractivity contribution is -0.145. The van der Waals surface area contributed by atoms with Gasteiger partial charge in [-0.15, -0.1) is 0 Å². The first-order chi connectivity index (χ1) is 9.87. The molecule has 1 aromatic carbocycles. The SMILES string of the molecule is CCI.CCOC(=O)C(CC(C)C)c1ccc(O)c(Br)c1. The second kappa shape index (κ2) is 11.3. The maximum atomic E-state index is 12.0. The summed E-state index contributed by atoms with van der Waals surface area (Å²) in [6.07, 6.45) is 0.732. The van der Waals surface area contributed by atoms with Crippen LogP contribution in [0.4, 0.5) is 0 Å². The average molecular weight is 471 g/mol. The van der Waals surface area contributed by atoms with Gasteiger partial charge in [0.05, 0.1) is 17.0 Å². The van der Waals surface area contributed by atoms with E-state index < -0.39 is 0 Å². The first-order valence-electron chi connectivity index (χ1n) is 7.08. The molecule has 1 aromatic rings. The maximum absolute atomic E-state index is 12.0. The molecule has 0 amide bonds. The van der Waals surface area contributed by atoms with Gasteiger partial charge >= 0.3 is 5.97 Å². The van der Waals surface area contributed by atoms with Gasteiger partial charge in [-0.05, 0) is 57.3 Å². The van der Waals surface area contributed by atoms with Crippen LogP contribution in [-0.2, 0) is 9.53 Å². The summed E-state index contributed by atoms with van der Waals surface area (Å²) in [6.45, 7) is 8.44. The van der Waals surface area contributed by atoms with Crippen LogP contribution in [-0.4, -0.2) is 22.1 Å². The second-order valence-electron chi connectivity index (χ2n) is 4.91. The van der Waals surface area contributed by atoms with E-state index in [4.69, 9.17) is 4.74 Å². The fraction of sp³-hybridized carbons (Fsp3) is 0.562. The van der Waals surface area contributed by atoms with E-state index in [2.05, 4.69) is 59.3 Å². The van der Waals surface area contributed by atoms with Gasteiger partial charge in [0, 0.05) is 0 Å². The van der Waals surface area contributed by atoms with Gasteiger partial charge in [0.2, 0.25) is 0 Å². The number of aromatic hydroxyl groups is 1. The first-order valence-corrected chi connectivity index (χ1v) is 9.40. The molecular formula is C16H24BrIO3. The van der Waals surface area contributed by atoms with Crippen molar-refractivity contribution >= 4 is 44.5 Å². The van der Waals surface area contributed by atoms with Crippen LogP contribution in [0.25, 0.3) is 0 Å². The summed E-state index contributed by atoms with van der Waals surface area (Å²) < 4.78 is 6.93. The van der Waals surface area contributed by atoms with Crippen molar-refractivity contribution in [1.82, 2.24) is 0 Å². The van der Waals surface area contributed by atoms with Crippen LogP contribution in [0, 0.1) is 5.92 Å². The smallest absolute Gasteiger partial charge is 0.313 e. The van der Waals surface area contributed by atoms with Crippen molar-refractivity contribution in [3.8, 4) is 5.75 Å². The van der Waals surface area contributed by atoms with E-state index in [9.17, 15) is 9.90 Å². The molecule has 0 spiro atoms. The molecule has 0 aliphatic carbocycles. The molecule has 0 heterocycles. The monoisotopic (exact) mass is 470 g/mol. The number of halogens is 2. The molecular weight excluding hydrogens is 447 g/mol. The lowest BCUT2D eigenvalue weighted by Crippen LogP contribution is -2.18. The highest BCUT2D eigenvalue weighted by Gasteiger charge is 2.23. The van der Waals surface area contributed by atoms with E-state index in [1.54, 1.807) is 25.1 Å². The third-order valence-electron chi connectivity index (χ3n) is 2.65. The molecule has 0 aliphatic rings. The molecule has 0 aromatic heterocycles. The lowest BCUT2D eigenvalue weighted by Gasteiger charge is -2.18. The number of rotatable bonds is 5. The lowest BCUT2D eigenvalue weighted by atomic mass is 9.90. The minimum Gasteiger partial charge on any atom is -0.507 e. The highest BCUT2D eigenvalue weighted by molar-refractivity contribution is 14.1. The van der Waals surface area contributed by atoms with Crippen LogP contribution in [0.15, 0.2) is 22.7 Å². The zero-order valence-corrected chi connectivity index (χ0v) is 16.8. The van der Waals surface area contributed by atoms with Gasteiger partial charge in [-0.25, -0.2) is 0 Å². The Kier molecular flexibility index (Phi) is 11.1. The molecule has 0 aliphatic heterocycles. The quantitative estimate of drug-likeness (QED) is 0.361. The number of ether oxygens (including phenoxy) is 1. The molecule has 3 nitrogen and oxygen atoms in total. The van der Waals surface area contributed by atoms with Crippen LogP contribution in [0.3, 0.4) is 0 Å². The summed E-state index contributed by atoms with van der Waals surface area (Å²) >= 11 is 5.55. The largest absolute Gasteiger partial charge is 0.507 e. The summed E-state index contributed by atoms with van der Waals surface area (Å²) in [7, 11) is 0. The minimum atomic E-state index is -0.276. The van der Waals surface area contributed by atoms with Crippen LogP contribution < -0.4 is 0 Å². The van der Waals surface area contributed by atoms with Gasteiger partial charge in [0.15, 0.2) is 0 Å². The van der Waals surface area contributed by atoms with Crippen molar-refractivity contribution < 1.29 is 14.6 Å². The molecule has 21 heavy (non-hydrogen) atoms. The number of carbonyl (C=O) groups is 1. The van der Waals surface area contributed by atoms with Crippen molar-refractivity contribution in [3.63, 3.8) is 0 Å². The van der Waals surface area contributed by atoms with E-state index >= 15 is 0 Å². The first kappa shape index (κ1) is 20.7. The molecule has 0 saturated heterocycles. The summed E-state index contributed by atoms with van der Waals surface area (Å²) in [4.78, 5) is 12.0. The molecule has 0 bridgehead atoms. The Hall–Kier alpha value is -0.300. The molecule has 1 unspecified atom stereocenters. The Labute approximate surface area is 149 Å². The fourth-order valence-electron chi connectivity index (χ4n) is 1.82. The molecule has 0 radical (unpaired) electrons.